The van der Waals surface area contributed by atoms with Gasteiger partial charge in [0.1, 0.15) is 10.7 Å². The van der Waals surface area contributed by atoms with Gasteiger partial charge in [0.2, 0.25) is 0 Å². The molecule has 2 rings (SSSR count). The third-order valence-electron chi connectivity index (χ3n) is 2.88. The van der Waals surface area contributed by atoms with Crippen LogP contribution in [0.5, 0.6) is 0 Å². The summed E-state index contributed by atoms with van der Waals surface area (Å²) in [5, 5.41) is 6.58. The Morgan fingerprint density at radius 2 is 2.28 bits per heavy atom. The lowest BCUT2D eigenvalue weighted by molar-refractivity contribution is 0.561. The van der Waals surface area contributed by atoms with Crippen LogP contribution in [0, 0.1) is 6.92 Å². The second-order valence-corrected chi connectivity index (χ2v) is 5.28. The molecule has 2 aromatic rings. The minimum atomic E-state index is 0.305. The normalized spacial score (nSPS) is 12.6. The second kappa shape index (κ2) is 6.07. The minimum absolute atomic E-state index is 0.305. The highest BCUT2D eigenvalue weighted by Gasteiger charge is 2.12. The molecule has 96 valence electrons. The standard InChI is InChI=1S/C14H19N3S/c1-4-7-15-11(3)12-9-18-14(17-12)13-10(2)6-5-8-16-13/h5-6,8-9,11,15H,4,7H2,1-3H3. The van der Waals surface area contributed by atoms with Gasteiger partial charge in [-0.25, -0.2) is 4.98 Å². The number of aromatic nitrogens is 2. The Labute approximate surface area is 112 Å². The quantitative estimate of drug-likeness (QED) is 0.894. The monoisotopic (exact) mass is 261 g/mol. The van der Waals surface area contributed by atoms with E-state index in [0.717, 1.165) is 29.4 Å². The molecule has 1 unspecified atom stereocenters. The van der Waals surface area contributed by atoms with E-state index in [1.54, 1.807) is 11.3 Å². The van der Waals surface area contributed by atoms with Crippen LogP contribution in [0.15, 0.2) is 23.7 Å². The lowest BCUT2D eigenvalue weighted by atomic mass is 10.2. The molecule has 18 heavy (non-hydrogen) atoms. The first-order valence-electron chi connectivity index (χ1n) is 6.33. The summed E-state index contributed by atoms with van der Waals surface area (Å²) in [5.74, 6) is 0. The topological polar surface area (TPSA) is 37.8 Å². The highest BCUT2D eigenvalue weighted by Crippen LogP contribution is 2.26. The summed E-state index contributed by atoms with van der Waals surface area (Å²) < 4.78 is 0. The van der Waals surface area contributed by atoms with E-state index in [-0.39, 0.29) is 0 Å². The maximum atomic E-state index is 4.69. The van der Waals surface area contributed by atoms with Crippen molar-refractivity contribution < 1.29 is 0 Å². The molecule has 0 aliphatic heterocycles. The van der Waals surface area contributed by atoms with Gasteiger partial charge in [-0.2, -0.15) is 0 Å². The Bertz CT molecular complexity index is 507. The number of aryl methyl sites for hydroxylation is 1. The Balaban J connectivity index is 2.18. The second-order valence-electron chi connectivity index (χ2n) is 4.42. The van der Waals surface area contributed by atoms with Crippen LogP contribution in [0.1, 0.15) is 37.6 Å². The van der Waals surface area contributed by atoms with Gasteiger partial charge >= 0.3 is 0 Å². The van der Waals surface area contributed by atoms with Crippen LogP contribution in [0.4, 0.5) is 0 Å². The van der Waals surface area contributed by atoms with E-state index in [1.165, 1.54) is 5.56 Å². The highest BCUT2D eigenvalue weighted by atomic mass is 32.1. The van der Waals surface area contributed by atoms with E-state index in [9.17, 15) is 0 Å². The maximum Gasteiger partial charge on any atom is 0.142 e. The highest BCUT2D eigenvalue weighted by molar-refractivity contribution is 7.13. The van der Waals surface area contributed by atoms with Gasteiger partial charge < -0.3 is 5.32 Å². The van der Waals surface area contributed by atoms with Crippen molar-refractivity contribution >= 4 is 11.3 Å². The fourth-order valence-corrected chi connectivity index (χ4v) is 2.74. The van der Waals surface area contributed by atoms with E-state index >= 15 is 0 Å². The third-order valence-corrected chi connectivity index (χ3v) is 3.75. The number of thiazole rings is 1. The van der Waals surface area contributed by atoms with Crippen molar-refractivity contribution in [1.29, 1.82) is 0 Å². The first-order valence-corrected chi connectivity index (χ1v) is 7.21. The summed E-state index contributed by atoms with van der Waals surface area (Å²) in [4.78, 5) is 9.10. The van der Waals surface area contributed by atoms with Crippen LogP contribution in [0.25, 0.3) is 10.7 Å². The molecule has 2 heterocycles. The number of hydrogen-bond donors (Lipinski definition) is 1. The molecule has 4 heteroatoms. The summed E-state index contributed by atoms with van der Waals surface area (Å²) in [6.07, 6.45) is 2.96. The van der Waals surface area contributed by atoms with Crippen molar-refractivity contribution in [2.75, 3.05) is 6.54 Å². The number of nitrogens with one attached hydrogen (secondary N) is 1. The van der Waals surface area contributed by atoms with Crippen LogP contribution < -0.4 is 5.32 Å². The van der Waals surface area contributed by atoms with Gasteiger partial charge in [0.15, 0.2) is 0 Å². The largest absolute Gasteiger partial charge is 0.309 e. The predicted octanol–water partition coefficient (Wildman–Crippen LogP) is 3.57. The Kier molecular flexibility index (Phi) is 4.44. The molecule has 0 aromatic carbocycles. The first kappa shape index (κ1) is 13.2. The van der Waals surface area contributed by atoms with Crippen LogP contribution in [0.3, 0.4) is 0 Å². The van der Waals surface area contributed by atoms with Crippen LogP contribution in [-0.2, 0) is 0 Å². The third kappa shape index (κ3) is 2.94. The maximum absolute atomic E-state index is 4.69. The van der Waals surface area contributed by atoms with Crippen molar-refractivity contribution in [3.05, 3.63) is 35.0 Å². The van der Waals surface area contributed by atoms with E-state index in [2.05, 4.69) is 47.5 Å². The van der Waals surface area contributed by atoms with Gasteiger partial charge in [0.05, 0.1) is 5.69 Å². The molecule has 1 atom stereocenters. The molecule has 2 aromatic heterocycles. The average molecular weight is 261 g/mol. The Morgan fingerprint density at radius 1 is 1.44 bits per heavy atom. The van der Waals surface area contributed by atoms with Crippen LogP contribution in [-0.4, -0.2) is 16.5 Å². The zero-order valence-corrected chi connectivity index (χ0v) is 11.9. The average Bonchev–Trinajstić information content (AvgIpc) is 2.86. The van der Waals surface area contributed by atoms with Gasteiger partial charge in [0, 0.05) is 17.6 Å². The Hall–Kier alpha value is -1.26. The molecule has 0 bridgehead atoms. The summed E-state index contributed by atoms with van der Waals surface area (Å²) in [6, 6.07) is 4.33. The lowest BCUT2D eigenvalue weighted by Gasteiger charge is -2.09. The number of rotatable bonds is 5. The SMILES string of the molecule is CCCNC(C)c1csc(-c2ncccc2C)n1. The molecule has 3 nitrogen and oxygen atoms in total. The summed E-state index contributed by atoms with van der Waals surface area (Å²) in [5.41, 5.74) is 3.28. The molecular formula is C14H19N3S. The lowest BCUT2D eigenvalue weighted by Crippen LogP contribution is -2.19. The fraction of sp³-hybridized carbons (Fsp3) is 0.429. The first-order chi connectivity index (χ1) is 8.72. The van der Waals surface area contributed by atoms with Crippen molar-refractivity contribution in [2.45, 2.75) is 33.2 Å². The predicted molar refractivity (Wildman–Crippen MR) is 76.8 cm³/mol. The molecule has 0 amide bonds. The zero-order chi connectivity index (χ0) is 13.0. The van der Waals surface area contributed by atoms with Crippen LogP contribution >= 0.6 is 11.3 Å². The summed E-state index contributed by atoms with van der Waals surface area (Å²) >= 11 is 1.66. The molecule has 1 N–H and O–H groups in total. The fourth-order valence-electron chi connectivity index (χ4n) is 1.77. The van der Waals surface area contributed by atoms with Gasteiger partial charge in [-0.05, 0) is 38.4 Å². The van der Waals surface area contributed by atoms with Gasteiger partial charge in [-0.3, -0.25) is 4.98 Å². The summed E-state index contributed by atoms with van der Waals surface area (Å²) in [6.45, 7) is 7.42. The van der Waals surface area contributed by atoms with Crippen molar-refractivity contribution in [3.63, 3.8) is 0 Å². The van der Waals surface area contributed by atoms with Gasteiger partial charge in [-0.1, -0.05) is 13.0 Å². The number of hydrogen-bond acceptors (Lipinski definition) is 4. The van der Waals surface area contributed by atoms with Gasteiger partial charge in [-0.15, -0.1) is 11.3 Å². The van der Waals surface area contributed by atoms with E-state index in [4.69, 9.17) is 0 Å². The molecule has 0 fully saturated rings. The molecular weight excluding hydrogens is 242 g/mol. The molecule has 0 spiro atoms. The molecule has 0 saturated carbocycles. The number of nitrogens with zero attached hydrogens (tertiary/aromatic N) is 2. The summed E-state index contributed by atoms with van der Waals surface area (Å²) in [7, 11) is 0. The van der Waals surface area contributed by atoms with Crippen LogP contribution in [0.2, 0.25) is 0 Å². The molecule has 0 saturated heterocycles. The zero-order valence-electron chi connectivity index (χ0n) is 11.1. The van der Waals surface area contributed by atoms with Crippen molar-refractivity contribution in [3.8, 4) is 10.7 Å². The van der Waals surface area contributed by atoms with E-state index < -0.39 is 0 Å². The number of pyridine rings is 1. The van der Waals surface area contributed by atoms with Crippen molar-refractivity contribution in [2.24, 2.45) is 0 Å². The molecule has 0 radical (unpaired) electrons. The Morgan fingerprint density at radius 3 is 3.00 bits per heavy atom. The smallest absolute Gasteiger partial charge is 0.142 e. The molecule has 0 aliphatic carbocycles. The van der Waals surface area contributed by atoms with E-state index in [0.29, 0.717) is 6.04 Å². The van der Waals surface area contributed by atoms with E-state index in [1.807, 2.05) is 12.3 Å². The minimum Gasteiger partial charge on any atom is -0.309 e. The van der Waals surface area contributed by atoms with Crippen molar-refractivity contribution in [1.82, 2.24) is 15.3 Å². The van der Waals surface area contributed by atoms with Gasteiger partial charge in [0.25, 0.3) is 0 Å². The molecule has 0 aliphatic rings.